The van der Waals surface area contributed by atoms with Crippen molar-refractivity contribution < 1.29 is 5.11 Å². The van der Waals surface area contributed by atoms with E-state index >= 15 is 0 Å². The van der Waals surface area contributed by atoms with Crippen molar-refractivity contribution in [3.8, 4) is 0 Å². The van der Waals surface area contributed by atoms with E-state index in [4.69, 9.17) is 0 Å². The highest BCUT2D eigenvalue weighted by Gasteiger charge is 2.36. The molecule has 1 aliphatic carbocycles. The molecule has 0 saturated heterocycles. The lowest BCUT2D eigenvalue weighted by molar-refractivity contribution is 0.421. The molecule has 0 fully saturated rings. The third kappa shape index (κ3) is 11.6. The van der Waals surface area contributed by atoms with Crippen LogP contribution in [0.4, 0.5) is 0 Å². The zero-order valence-electron chi connectivity index (χ0n) is 22.4. The summed E-state index contributed by atoms with van der Waals surface area (Å²) in [5.41, 5.74) is 6.90. The van der Waals surface area contributed by atoms with E-state index in [1.54, 1.807) is 0 Å². The molecular weight excluding hydrogens is 364 g/mol. The first-order valence-electron chi connectivity index (χ1n) is 12.1. The molecule has 0 amide bonds. The molecule has 1 unspecified atom stereocenters. The van der Waals surface area contributed by atoms with Gasteiger partial charge in [0, 0.05) is 5.92 Å². The molecule has 1 N–H and O–H groups in total. The second kappa shape index (κ2) is 15.3. The van der Waals surface area contributed by atoms with Crippen molar-refractivity contribution in [2.24, 2.45) is 5.92 Å². The van der Waals surface area contributed by atoms with Crippen LogP contribution < -0.4 is 0 Å². The number of rotatable bonds is 5. The minimum absolute atomic E-state index is 0.190. The van der Waals surface area contributed by atoms with Crippen molar-refractivity contribution >= 4 is 0 Å². The summed E-state index contributed by atoms with van der Waals surface area (Å²) >= 11 is 0. The summed E-state index contributed by atoms with van der Waals surface area (Å²) in [6.45, 7) is 29.6. The van der Waals surface area contributed by atoms with E-state index in [2.05, 4.69) is 94.0 Å². The highest BCUT2D eigenvalue weighted by Crippen LogP contribution is 2.51. The molecule has 0 spiro atoms. The quantitative estimate of drug-likeness (QED) is 0.374. The van der Waals surface area contributed by atoms with Crippen molar-refractivity contribution in [3.63, 3.8) is 0 Å². The molecule has 1 aliphatic rings. The standard InChI is InChI=1S/C19H26O.2C4H10.C2H6/c1-7-8-14(13(3)20)10-16-17-11-15(19(4,5)6)9-12(2)18(16)17;1-4(2)3;1-3-4-2;1-2/h8-9,11,16,20H,3,7,10H2,1-2,4-6H3;4H,1-3H3;3-4H2,1-2H3;1-2H3/b14-8+;;;. The summed E-state index contributed by atoms with van der Waals surface area (Å²) in [7, 11) is 0. The maximum atomic E-state index is 9.69. The lowest BCUT2D eigenvalue weighted by Gasteiger charge is -2.18. The molecule has 30 heavy (non-hydrogen) atoms. The van der Waals surface area contributed by atoms with Gasteiger partial charge in [0.25, 0.3) is 0 Å². The van der Waals surface area contributed by atoms with Gasteiger partial charge in [0.2, 0.25) is 0 Å². The summed E-state index contributed by atoms with van der Waals surface area (Å²) in [5, 5.41) is 9.69. The van der Waals surface area contributed by atoms with Crippen molar-refractivity contribution in [3.05, 3.63) is 58.4 Å². The summed E-state index contributed by atoms with van der Waals surface area (Å²) < 4.78 is 0. The number of aliphatic hydroxyl groups is 1. The van der Waals surface area contributed by atoms with Crippen molar-refractivity contribution in [1.29, 1.82) is 0 Å². The van der Waals surface area contributed by atoms with Crippen LogP contribution in [0.5, 0.6) is 0 Å². The number of aliphatic hydroxyl groups excluding tert-OH is 1. The average molecular weight is 417 g/mol. The van der Waals surface area contributed by atoms with E-state index in [1.807, 2.05) is 13.8 Å². The van der Waals surface area contributed by atoms with E-state index in [0.717, 1.165) is 24.3 Å². The smallest absolute Gasteiger partial charge is 0.111 e. The van der Waals surface area contributed by atoms with E-state index < -0.39 is 0 Å². The second-order valence-electron chi connectivity index (χ2n) is 9.62. The van der Waals surface area contributed by atoms with Gasteiger partial charge in [0.15, 0.2) is 0 Å². The van der Waals surface area contributed by atoms with Gasteiger partial charge in [0.1, 0.15) is 5.76 Å². The Morgan fingerprint density at radius 1 is 1.07 bits per heavy atom. The highest BCUT2D eigenvalue weighted by molar-refractivity contribution is 5.60. The number of hydrogen-bond donors (Lipinski definition) is 1. The van der Waals surface area contributed by atoms with Gasteiger partial charge < -0.3 is 5.11 Å². The number of aryl methyl sites for hydroxylation is 1. The largest absolute Gasteiger partial charge is 0.508 e. The van der Waals surface area contributed by atoms with E-state index in [0.29, 0.717) is 5.92 Å². The molecule has 2 rings (SSSR count). The fraction of sp³-hybridized carbons (Fsp3) is 0.655. The van der Waals surface area contributed by atoms with Crippen LogP contribution in [0.25, 0.3) is 0 Å². The third-order valence-corrected chi connectivity index (χ3v) is 4.67. The van der Waals surface area contributed by atoms with Gasteiger partial charge in [-0.05, 0) is 58.9 Å². The first kappa shape index (κ1) is 30.7. The molecule has 0 bridgehead atoms. The Hall–Kier alpha value is -1.50. The molecule has 1 nitrogen and oxygen atoms in total. The Balaban J connectivity index is 0. The fourth-order valence-electron chi connectivity index (χ4n) is 2.92. The summed E-state index contributed by atoms with van der Waals surface area (Å²) in [5.74, 6) is 1.53. The zero-order valence-corrected chi connectivity index (χ0v) is 22.4. The number of fused-ring (bicyclic) bond motifs is 1. The first-order chi connectivity index (χ1) is 13.9. The van der Waals surface area contributed by atoms with Crippen molar-refractivity contribution in [1.82, 2.24) is 0 Å². The van der Waals surface area contributed by atoms with Crippen LogP contribution in [-0.2, 0) is 5.41 Å². The van der Waals surface area contributed by atoms with Crippen LogP contribution in [0.3, 0.4) is 0 Å². The monoisotopic (exact) mass is 416 g/mol. The predicted molar refractivity (Wildman–Crippen MR) is 139 cm³/mol. The van der Waals surface area contributed by atoms with Crippen LogP contribution in [0.15, 0.2) is 36.1 Å². The SMILES string of the molecule is C=C(O)/C(=C/CC)CC1c2cc(C(C)(C)C)cc(C)c21.CC.CC(C)C.CCCC. The van der Waals surface area contributed by atoms with Gasteiger partial charge in [-0.1, -0.05) is 114 Å². The van der Waals surface area contributed by atoms with E-state index in [-0.39, 0.29) is 11.2 Å². The van der Waals surface area contributed by atoms with Gasteiger partial charge in [0.05, 0.1) is 0 Å². The first-order valence-corrected chi connectivity index (χ1v) is 12.1. The van der Waals surface area contributed by atoms with Gasteiger partial charge in [-0.15, -0.1) is 0 Å². The molecule has 0 aliphatic heterocycles. The summed E-state index contributed by atoms with van der Waals surface area (Å²) in [6.07, 6.45) is 6.54. The minimum atomic E-state index is 0.190. The average Bonchev–Trinajstić information content (AvgIpc) is 3.35. The maximum absolute atomic E-state index is 9.69. The molecule has 1 atom stereocenters. The summed E-state index contributed by atoms with van der Waals surface area (Å²) in [4.78, 5) is 0. The second-order valence-corrected chi connectivity index (χ2v) is 9.62. The predicted octanol–water partition coefficient (Wildman–Crippen LogP) is 10.0. The van der Waals surface area contributed by atoms with Crippen molar-refractivity contribution in [2.45, 2.75) is 120 Å². The number of hydrogen-bond acceptors (Lipinski definition) is 1. The van der Waals surface area contributed by atoms with Crippen LogP contribution >= 0.6 is 0 Å². The van der Waals surface area contributed by atoms with Gasteiger partial charge in [-0.25, -0.2) is 0 Å². The molecular formula is C29H52O. The molecule has 1 aromatic carbocycles. The molecule has 174 valence electrons. The van der Waals surface area contributed by atoms with Crippen LogP contribution in [0, 0.1) is 12.8 Å². The lowest BCUT2D eigenvalue weighted by Crippen LogP contribution is -2.10. The molecule has 1 aromatic rings. The van der Waals surface area contributed by atoms with Crippen LogP contribution in [0.1, 0.15) is 130 Å². The van der Waals surface area contributed by atoms with E-state index in [9.17, 15) is 5.11 Å². The molecule has 0 heterocycles. The topological polar surface area (TPSA) is 20.2 Å². The highest BCUT2D eigenvalue weighted by atomic mass is 16.3. The Labute approximate surface area is 189 Å². The van der Waals surface area contributed by atoms with Gasteiger partial charge >= 0.3 is 0 Å². The molecule has 0 aromatic heterocycles. The van der Waals surface area contributed by atoms with Gasteiger partial charge in [-0.2, -0.15) is 0 Å². The third-order valence-electron chi connectivity index (χ3n) is 4.67. The molecule has 0 saturated carbocycles. The number of allylic oxidation sites excluding steroid dienone is 2. The Kier molecular flexibility index (Phi) is 15.7. The Bertz CT molecular complexity index is 636. The van der Waals surface area contributed by atoms with E-state index in [1.165, 1.54) is 35.1 Å². The number of benzene rings is 1. The Morgan fingerprint density at radius 2 is 1.53 bits per heavy atom. The summed E-state index contributed by atoms with van der Waals surface area (Å²) in [6, 6.07) is 4.66. The fourth-order valence-corrected chi connectivity index (χ4v) is 2.92. The maximum Gasteiger partial charge on any atom is 0.111 e. The zero-order chi connectivity index (χ0) is 24.1. The number of unbranched alkanes of at least 4 members (excludes halogenated alkanes) is 1. The van der Waals surface area contributed by atoms with Gasteiger partial charge in [-0.3, -0.25) is 0 Å². The van der Waals surface area contributed by atoms with Crippen molar-refractivity contribution in [2.75, 3.05) is 0 Å². The lowest BCUT2D eigenvalue weighted by atomic mass is 9.86. The Morgan fingerprint density at radius 3 is 1.87 bits per heavy atom. The normalized spacial score (nSPS) is 14.3. The molecule has 1 heteroatoms. The van der Waals surface area contributed by atoms with Crippen LogP contribution in [-0.4, -0.2) is 5.11 Å². The van der Waals surface area contributed by atoms with Crippen LogP contribution in [0.2, 0.25) is 0 Å². The molecule has 0 radical (unpaired) electrons. The minimum Gasteiger partial charge on any atom is -0.508 e.